The molecule has 4 heteroatoms. The SMILES string of the molecule is Cc1ccc(CNc2cc(C)nc(Nc3cc(C)cc(C)c3)n2)cc1. The third-order valence-corrected chi connectivity index (χ3v) is 3.93. The Hall–Kier alpha value is -2.88. The Kier molecular flexibility index (Phi) is 4.98. The first-order valence-electron chi connectivity index (χ1n) is 8.48. The van der Waals surface area contributed by atoms with Crippen LogP contribution in [0, 0.1) is 27.7 Å². The van der Waals surface area contributed by atoms with Crippen LogP contribution in [0.25, 0.3) is 0 Å². The van der Waals surface area contributed by atoms with E-state index in [2.05, 4.69) is 83.8 Å². The van der Waals surface area contributed by atoms with E-state index >= 15 is 0 Å². The number of aryl methyl sites for hydroxylation is 4. The fourth-order valence-electron chi connectivity index (χ4n) is 2.79. The van der Waals surface area contributed by atoms with Crippen molar-refractivity contribution in [2.45, 2.75) is 34.2 Å². The molecule has 128 valence electrons. The van der Waals surface area contributed by atoms with Gasteiger partial charge in [-0.1, -0.05) is 35.9 Å². The van der Waals surface area contributed by atoms with Crippen LogP contribution in [-0.2, 0) is 6.54 Å². The Balaban J connectivity index is 1.74. The van der Waals surface area contributed by atoms with Crippen molar-refractivity contribution < 1.29 is 0 Å². The van der Waals surface area contributed by atoms with Gasteiger partial charge >= 0.3 is 0 Å². The summed E-state index contributed by atoms with van der Waals surface area (Å²) in [5.74, 6) is 1.43. The molecule has 1 heterocycles. The normalized spacial score (nSPS) is 10.6. The van der Waals surface area contributed by atoms with Crippen LogP contribution in [0.15, 0.2) is 48.5 Å². The van der Waals surface area contributed by atoms with E-state index in [0.717, 1.165) is 23.7 Å². The van der Waals surface area contributed by atoms with Gasteiger partial charge in [0.1, 0.15) is 5.82 Å². The molecule has 0 fully saturated rings. The molecular formula is C21H24N4. The average Bonchev–Trinajstić information content (AvgIpc) is 2.53. The molecule has 0 radical (unpaired) electrons. The molecular weight excluding hydrogens is 308 g/mol. The quantitative estimate of drug-likeness (QED) is 0.685. The van der Waals surface area contributed by atoms with Gasteiger partial charge in [0, 0.05) is 24.0 Å². The molecule has 0 amide bonds. The summed E-state index contributed by atoms with van der Waals surface area (Å²) in [4.78, 5) is 9.08. The molecule has 1 aromatic heterocycles. The molecule has 25 heavy (non-hydrogen) atoms. The maximum absolute atomic E-state index is 4.59. The lowest BCUT2D eigenvalue weighted by atomic mass is 10.1. The molecule has 4 nitrogen and oxygen atoms in total. The van der Waals surface area contributed by atoms with E-state index in [-0.39, 0.29) is 0 Å². The van der Waals surface area contributed by atoms with Gasteiger partial charge in [0.25, 0.3) is 0 Å². The van der Waals surface area contributed by atoms with Gasteiger partial charge in [-0.15, -0.1) is 0 Å². The summed E-state index contributed by atoms with van der Waals surface area (Å²) in [6, 6.07) is 16.8. The Morgan fingerprint density at radius 3 is 2.12 bits per heavy atom. The molecule has 2 N–H and O–H groups in total. The summed E-state index contributed by atoms with van der Waals surface area (Å²) in [5.41, 5.74) is 6.86. The van der Waals surface area contributed by atoms with Gasteiger partial charge in [-0.05, 0) is 56.5 Å². The molecule has 0 spiro atoms. The van der Waals surface area contributed by atoms with Crippen LogP contribution < -0.4 is 10.6 Å². The average molecular weight is 332 g/mol. The van der Waals surface area contributed by atoms with E-state index in [1.54, 1.807) is 0 Å². The maximum atomic E-state index is 4.59. The molecule has 2 aromatic carbocycles. The summed E-state index contributed by atoms with van der Waals surface area (Å²) in [6.45, 7) is 8.98. The number of rotatable bonds is 5. The van der Waals surface area contributed by atoms with E-state index in [1.807, 2.05) is 13.0 Å². The third-order valence-electron chi connectivity index (χ3n) is 3.93. The van der Waals surface area contributed by atoms with E-state index in [4.69, 9.17) is 0 Å². The summed E-state index contributed by atoms with van der Waals surface area (Å²) in [6.07, 6.45) is 0. The predicted octanol–water partition coefficient (Wildman–Crippen LogP) is 5.07. The van der Waals surface area contributed by atoms with Crippen LogP contribution in [0.5, 0.6) is 0 Å². The summed E-state index contributed by atoms with van der Waals surface area (Å²) in [7, 11) is 0. The van der Waals surface area contributed by atoms with Gasteiger partial charge in [-0.3, -0.25) is 0 Å². The number of hydrogen-bond donors (Lipinski definition) is 2. The Bertz CT molecular complexity index is 849. The van der Waals surface area contributed by atoms with E-state index in [0.29, 0.717) is 5.95 Å². The van der Waals surface area contributed by atoms with Crippen molar-refractivity contribution in [3.05, 3.63) is 76.5 Å². The van der Waals surface area contributed by atoms with Crippen molar-refractivity contribution in [2.24, 2.45) is 0 Å². The molecule has 3 aromatic rings. The molecule has 0 aliphatic rings. The van der Waals surface area contributed by atoms with Crippen LogP contribution in [0.2, 0.25) is 0 Å². The first-order chi connectivity index (χ1) is 12.0. The molecule has 0 bridgehead atoms. The second-order valence-corrected chi connectivity index (χ2v) is 6.56. The van der Waals surface area contributed by atoms with Crippen molar-refractivity contribution in [3.8, 4) is 0 Å². The molecule has 0 saturated carbocycles. The summed E-state index contributed by atoms with van der Waals surface area (Å²) >= 11 is 0. The smallest absolute Gasteiger partial charge is 0.229 e. The number of nitrogens with one attached hydrogen (secondary N) is 2. The lowest BCUT2D eigenvalue weighted by molar-refractivity contribution is 1.06. The van der Waals surface area contributed by atoms with E-state index in [1.165, 1.54) is 22.3 Å². The van der Waals surface area contributed by atoms with E-state index in [9.17, 15) is 0 Å². The zero-order valence-corrected chi connectivity index (χ0v) is 15.2. The number of benzene rings is 2. The second-order valence-electron chi connectivity index (χ2n) is 6.56. The van der Waals surface area contributed by atoms with Crippen molar-refractivity contribution >= 4 is 17.5 Å². The Morgan fingerprint density at radius 1 is 0.760 bits per heavy atom. The van der Waals surface area contributed by atoms with E-state index < -0.39 is 0 Å². The molecule has 3 rings (SSSR count). The van der Waals surface area contributed by atoms with Crippen LogP contribution in [0.4, 0.5) is 17.5 Å². The molecule has 0 aliphatic carbocycles. The first kappa shape index (κ1) is 17.0. The van der Waals surface area contributed by atoms with Crippen molar-refractivity contribution in [1.82, 2.24) is 9.97 Å². The minimum atomic E-state index is 0.608. The van der Waals surface area contributed by atoms with Gasteiger partial charge in [-0.25, -0.2) is 4.98 Å². The van der Waals surface area contributed by atoms with Gasteiger partial charge in [0.15, 0.2) is 0 Å². The van der Waals surface area contributed by atoms with Crippen LogP contribution in [0.3, 0.4) is 0 Å². The Morgan fingerprint density at radius 2 is 1.44 bits per heavy atom. The second kappa shape index (κ2) is 7.34. The minimum absolute atomic E-state index is 0.608. The van der Waals surface area contributed by atoms with Gasteiger partial charge in [-0.2, -0.15) is 4.98 Å². The van der Waals surface area contributed by atoms with Crippen LogP contribution in [0.1, 0.15) is 27.9 Å². The summed E-state index contributed by atoms with van der Waals surface area (Å²) in [5, 5.41) is 6.69. The Labute approximate surface area is 149 Å². The van der Waals surface area contributed by atoms with Crippen molar-refractivity contribution in [3.63, 3.8) is 0 Å². The lowest BCUT2D eigenvalue weighted by Gasteiger charge is -2.11. The number of aromatic nitrogens is 2. The monoisotopic (exact) mass is 332 g/mol. The lowest BCUT2D eigenvalue weighted by Crippen LogP contribution is -2.05. The van der Waals surface area contributed by atoms with Crippen molar-refractivity contribution in [1.29, 1.82) is 0 Å². The zero-order valence-electron chi connectivity index (χ0n) is 15.2. The van der Waals surface area contributed by atoms with Crippen LogP contribution in [-0.4, -0.2) is 9.97 Å². The fraction of sp³-hybridized carbons (Fsp3) is 0.238. The largest absolute Gasteiger partial charge is 0.366 e. The maximum Gasteiger partial charge on any atom is 0.229 e. The predicted molar refractivity (Wildman–Crippen MR) is 104 cm³/mol. The number of anilines is 3. The van der Waals surface area contributed by atoms with Gasteiger partial charge in [0.05, 0.1) is 0 Å². The standard InChI is InChI=1S/C21H24N4/c1-14-5-7-18(8-6-14)13-22-20-12-17(4)23-21(25-20)24-19-10-15(2)9-16(3)11-19/h5-12H,13H2,1-4H3,(H2,22,23,24,25). The first-order valence-corrected chi connectivity index (χ1v) is 8.48. The van der Waals surface area contributed by atoms with Gasteiger partial charge < -0.3 is 10.6 Å². The highest BCUT2D eigenvalue weighted by molar-refractivity contribution is 5.57. The molecule has 0 aliphatic heterocycles. The molecule has 0 saturated heterocycles. The highest BCUT2D eigenvalue weighted by Crippen LogP contribution is 2.19. The third kappa shape index (κ3) is 4.80. The fourth-order valence-corrected chi connectivity index (χ4v) is 2.79. The van der Waals surface area contributed by atoms with Gasteiger partial charge in [0.2, 0.25) is 5.95 Å². The topological polar surface area (TPSA) is 49.8 Å². The number of nitrogens with zero attached hydrogens (tertiary/aromatic N) is 2. The zero-order chi connectivity index (χ0) is 17.8. The van der Waals surface area contributed by atoms with Crippen LogP contribution >= 0.6 is 0 Å². The number of hydrogen-bond acceptors (Lipinski definition) is 4. The molecule has 0 atom stereocenters. The minimum Gasteiger partial charge on any atom is -0.366 e. The highest BCUT2D eigenvalue weighted by Gasteiger charge is 2.04. The highest BCUT2D eigenvalue weighted by atomic mass is 15.1. The molecule has 0 unspecified atom stereocenters. The summed E-state index contributed by atoms with van der Waals surface area (Å²) < 4.78 is 0. The van der Waals surface area contributed by atoms with Crippen molar-refractivity contribution in [2.75, 3.05) is 10.6 Å².